The Kier molecular flexibility index (Phi) is 6.09. The molecule has 0 aromatic heterocycles. The quantitative estimate of drug-likeness (QED) is 0.800. The summed E-state index contributed by atoms with van der Waals surface area (Å²) in [5, 5.41) is 2.96. The van der Waals surface area contributed by atoms with Gasteiger partial charge in [-0.15, -0.1) is 0 Å². The molecule has 1 aromatic carbocycles. The fourth-order valence-corrected chi connectivity index (χ4v) is 3.83. The number of aryl methyl sites for hydroxylation is 2. The van der Waals surface area contributed by atoms with Crippen LogP contribution in [0.25, 0.3) is 0 Å². The molecule has 7 heteroatoms. The molecule has 148 valence electrons. The SMILES string of the molecule is Cc1ccc(N2CCC(C(=O)NC3CCN(CC(F)F)CC3)C2=O)cc1C. The van der Waals surface area contributed by atoms with Gasteiger partial charge < -0.3 is 10.2 Å². The molecule has 0 aliphatic carbocycles. The van der Waals surface area contributed by atoms with Gasteiger partial charge in [-0.1, -0.05) is 6.07 Å². The monoisotopic (exact) mass is 379 g/mol. The maximum Gasteiger partial charge on any atom is 0.251 e. The number of benzene rings is 1. The van der Waals surface area contributed by atoms with Crippen molar-refractivity contribution >= 4 is 17.5 Å². The van der Waals surface area contributed by atoms with E-state index in [2.05, 4.69) is 5.32 Å². The highest BCUT2D eigenvalue weighted by Crippen LogP contribution is 2.27. The van der Waals surface area contributed by atoms with Crippen LogP contribution < -0.4 is 10.2 Å². The summed E-state index contributed by atoms with van der Waals surface area (Å²) in [6.07, 6.45) is -0.550. The first-order valence-electron chi connectivity index (χ1n) is 9.54. The van der Waals surface area contributed by atoms with Gasteiger partial charge in [-0.2, -0.15) is 0 Å². The number of nitrogens with zero attached hydrogens (tertiary/aromatic N) is 2. The molecule has 1 atom stereocenters. The summed E-state index contributed by atoms with van der Waals surface area (Å²) >= 11 is 0. The molecule has 3 rings (SSSR count). The zero-order valence-electron chi connectivity index (χ0n) is 15.9. The van der Waals surface area contributed by atoms with Gasteiger partial charge in [0, 0.05) is 31.4 Å². The lowest BCUT2D eigenvalue weighted by molar-refractivity contribution is -0.132. The van der Waals surface area contributed by atoms with Crippen molar-refractivity contribution in [3.63, 3.8) is 0 Å². The Morgan fingerprint density at radius 1 is 1.15 bits per heavy atom. The number of anilines is 1. The average molecular weight is 379 g/mol. The second-order valence-corrected chi connectivity index (χ2v) is 7.57. The fraction of sp³-hybridized carbons (Fsp3) is 0.600. The number of amides is 2. The van der Waals surface area contributed by atoms with Crippen LogP contribution in [0.4, 0.5) is 14.5 Å². The summed E-state index contributed by atoms with van der Waals surface area (Å²) in [6.45, 7) is 5.43. The van der Waals surface area contributed by atoms with Crippen molar-refractivity contribution in [1.29, 1.82) is 0 Å². The highest BCUT2D eigenvalue weighted by molar-refractivity contribution is 6.09. The van der Waals surface area contributed by atoms with Crippen molar-refractivity contribution in [2.75, 3.05) is 31.1 Å². The van der Waals surface area contributed by atoms with Crippen LogP contribution in [0.2, 0.25) is 0 Å². The van der Waals surface area contributed by atoms with Gasteiger partial charge in [0.05, 0.1) is 6.54 Å². The Bertz CT molecular complexity index is 702. The Morgan fingerprint density at radius 2 is 1.85 bits per heavy atom. The van der Waals surface area contributed by atoms with Gasteiger partial charge in [-0.3, -0.25) is 14.5 Å². The highest BCUT2D eigenvalue weighted by atomic mass is 19.3. The van der Waals surface area contributed by atoms with E-state index in [0.29, 0.717) is 38.9 Å². The standard InChI is InChI=1S/C20H27F2N3O2/c1-13-3-4-16(11-14(13)2)25-10-7-17(20(25)27)19(26)23-15-5-8-24(9-6-15)12-18(21)22/h3-4,11,15,17-18H,5-10,12H2,1-2H3,(H,23,26). The second kappa shape index (κ2) is 8.33. The Hall–Kier alpha value is -2.02. The summed E-state index contributed by atoms with van der Waals surface area (Å²) in [5.74, 6) is -1.06. The lowest BCUT2D eigenvalue weighted by atomic mass is 10.0. The molecule has 2 aliphatic heterocycles. The fourth-order valence-electron chi connectivity index (χ4n) is 3.83. The largest absolute Gasteiger partial charge is 0.353 e. The molecule has 2 amide bonds. The number of alkyl halides is 2. The van der Waals surface area contributed by atoms with Crippen LogP contribution in [-0.2, 0) is 9.59 Å². The Morgan fingerprint density at radius 3 is 2.48 bits per heavy atom. The van der Waals surface area contributed by atoms with E-state index in [1.165, 1.54) is 0 Å². The highest BCUT2D eigenvalue weighted by Gasteiger charge is 2.38. The summed E-state index contributed by atoms with van der Waals surface area (Å²) in [7, 11) is 0. The van der Waals surface area contributed by atoms with Crippen LogP contribution in [0, 0.1) is 19.8 Å². The molecule has 0 bridgehead atoms. The first-order valence-corrected chi connectivity index (χ1v) is 9.54. The summed E-state index contributed by atoms with van der Waals surface area (Å²) in [4.78, 5) is 28.7. The van der Waals surface area contributed by atoms with E-state index in [-0.39, 0.29) is 24.4 Å². The van der Waals surface area contributed by atoms with Gasteiger partial charge in [0.25, 0.3) is 6.43 Å². The lowest BCUT2D eigenvalue weighted by Gasteiger charge is -2.32. The van der Waals surface area contributed by atoms with E-state index in [1.807, 2.05) is 32.0 Å². The number of carbonyl (C=O) groups is 2. The van der Waals surface area contributed by atoms with Gasteiger partial charge >= 0.3 is 0 Å². The van der Waals surface area contributed by atoms with E-state index in [1.54, 1.807) is 9.80 Å². The van der Waals surface area contributed by atoms with E-state index in [0.717, 1.165) is 16.8 Å². The van der Waals surface area contributed by atoms with Gasteiger partial charge in [0.2, 0.25) is 11.8 Å². The average Bonchev–Trinajstić information content (AvgIpc) is 3.00. The Balaban J connectivity index is 1.54. The minimum Gasteiger partial charge on any atom is -0.353 e. The third-order valence-electron chi connectivity index (χ3n) is 5.65. The predicted octanol–water partition coefficient (Wildman–Crippen LogP) is 2.50. The van der Waals surface area contributed by atoms with Crippen molar-refractivity contribution in [1.82, 2.24) is 10.2 Å². The molecule has 0 saturated carbocycles. The molecule has 0 radical (unpaired) electrons. The van der Waals surface area contributed by atoms with Crippen LogP contribution in [-0.4, -0.2) is 55.4 Å². The topological polar surface area (TPSA) is 52.7 Å². The van der Waals surface area contributed by atoms with Crippen LogP contribution in [0.15, 0.2) is 18.2 Å². The number of halogens is 2. The smallest absolute Gasteiger partial charge is 0.251 e. The van der Waals surface area contributed by atoms with Crippen molar-refractivity contribution < 1.29 is 18.4 Å². The first kappa shape index (κ1) is 19.7. The van der Waals surface area contributed by atoms with E-state index >= 15 is 0 Å². The molecule has 0 spiro atoms. The minimum absolute atomic E-state index is 0.0464. The number of piperidine rings is 1. The van der Waals surface area contributed by atoms with E-state index in [4.69, 9.17) is 0 Å². The molecule has 2 heterocycles. The zero-order chi connectivity index (χ0) is 19.6. The lowest BCUT2D eigenvalue weighted by Crippen LogP contribution is -2.48. The first-order chi connectivity index (χ1) is 12.8. The number of carbonyl (C=O) groups excluding carboxylic acids is 2. The molecular formula is C20H27F2N3O2. The van der Waals surface area contributed by atoms with Crippen molar-refractivity contribution in [2.24, 2.45) is 5.92 Å². The van der Waals surface area contributed by atoms with Crippen LogP contribution in [0.5, 0.6) is 0 Å². The van der Waals surface area contributed by atoms with E-state index < -0.39 is 12.3 Å². The number of hydrogen-bond donors (Lipinski definition) is 1. The maximum absolute atomic E-state index is 12.7. The van der Waals surface area contributed by atoms with Crippen molar-refractivity contribution in [2.45, 2.75) is 45.6 Å². The normalized spacial score (nSPS) is 21.9. The zero-order valence-corrected chi connectivity index (χ0v) is 15.9. The van der Waals surface area contributed by atoms with Crippen LogP contribution >= 0.6 is 0 Å². The summed E-state index contributed by atoms with van der Waals surface area (Å²) in [5.41, 5.74) is 3.11. The van der Waals surface area contributed by atoms with Gasteiger partial charge in [-0.25, -0.2) is 8.78 Å². The molecule has 5 nitrogen and oxygen atoms in total. The molecule has 1 aromatic rings. The van der Waals surface area contributed by atoms with Crippen molar-refractivity contribution in [3.05, 3.63) is 29.3 Å². The van der Waals surface area contributed by atoms with E-state index in [9.17, 15) is 18.4 Å². The summed E-state index contributed by atoms with van der Waals surface area (Å²) in [6, 6.07) is 5.83. The number of rotatable bonds is 5. The maximum atomic E-state index is 12.7. The molecule has 1 unspecified atom stereocenters. The summed E-state index contributed by atoms with van der Waals surface area (Å²) < 4.78 is 24.9. The third kappa shape index (κ3) is 4.64. The van der Waals surface area contributed by atoms with Gasteiger partial charge in [0.15, 0.2) is 0 Å². The van der Waals surface area contributed by atoms with Gasteiger partial charge in [-0.05, 0) is 56.4 Å². The minimum atomic E-state index is -2.33. The number of likely N-dealkylation sites (tertiary alicyclic amines) is 1. The molecular weight excluding hydrogens is 352 g/mol. The number of hydrogen-bond acceptors (Lipinski definition) is 3. The molecule has 2 saturated heterocycles. The second-order valence-electron chi connectivity index (χ2n) is 7.57. The predicted molar refractivity (Wildman–Crippen MR) is 100.0 cm³/mol. The molecule has 1 N–H and O–H groups in total. The number of nitrogens with one attached hydrogen (secondary N) is 1. The Labute approximate surface area is 158 Å². The van der Waals surface area contributed by atoms with Crippen LogP contribution in [0.3, 0.4) is 0 Å². The molecule has 2 fully saturated rings. The molecule has 27 heavy (non-hydrogen) atoms. The van der Waals surface area contributed by atoms with Crippen molar-refractivity contribution in [3.8, 4) is 0 Å². The third-order valence-corrected chi connectivity index (χ3v) is 5.65. The van der Waals surface area contributed by atoms with Gasteiger partial charge in [0.1, 0.15) is 5.92 Å². The molecule has 2 aliphatic rings. The van der Waals surface area contributed by atoms with Crippen LogP contribution in [0.1, 0.15) is 30.4 Å².